The molecule has 2 atom stereocenters. The maximum Gasteiger partial charge on any atom is 0.410 e. The minimum absolute atomic E-state index is 0.129. The number of benzene rings is 2. The Labute approximate surface area is 198 Å². The van der Waals surface area contributed by atoms with Crippen LogP contribution < -0.4 is 4.74 Å². The summed E-state index contributed by atoms with van der Waals surface area (Å²) < 4.78 is 11.6. The van der Waals surface area contributed by atoms with Crippen molar-refractivity contribution >= 4 is 17.4 Å². The molecular weight excluding hydrogens is 436 g/mol. The van der Waals surface area contributed by atoms with E-state index in [9.17, 15) is 9.90 Å². The molecule has 6 nitrogen and oxygen atoms in total. The normalized spacial score (nSPS) is 17.1. The Bertz CT molecular complexity index is 1080. The third kappa shape index (κ3) is 5.72. The molecule has 174 valence electrons. The summed E-state index contributed by atoms with van der Waals surface area (Å²) in [7, 11) is 0. The van der Waals surface area contributed by atoms with Gasteiger partial charge in [-0.25, -0.2) is 9.78 Å². The molecule has 1 unspecified atom stereocenters. The van der Waals surface area contributed by atoms with Crippen molar-refractivity contribution in [1.29, 1.82) is 0 Å². The van der Waals surface area contributed by atoms with Gasteiger partial charge in [0.15, 0.2) is 0 Å². The third-order valence-electron chi connectivity index (χ3n) is 5.44. The van der Waals surface area contributed by atoms with E-state index in [1.165, 1.54) is 11.3 Å². The van der Waals surface area contributed by atoms with Crippen molar-refractivity contribution in [3.63, 3.8) is 0 Å². The number of hydrogen-bond donors (Lipinski definition) is 1. The first kappa shape index (κ1) is 23.3. The van der Waals surface area contributed by atoms with Gasteiger partial charge in [0.2, 0.25) is 0 Å². The van der Waals surface area contributed by atoms with E-state index >= 15 is 0 Å². The van der Waals surface area contributed by atoms with E-state index in [0.29, 0.717) is 30.2 Å². The van der Waals surface area contributed by atoms with Crippen molar-refractivity contribution in [1.82, 2.24) is 9.88 Å². The Morgan fingerprint density at radius 1 is 1.18 bits per heavy atom. The van der Waals surface area contributed by atoms with Gasteiger partial charge in [-0.05, 0) is 45.2 Å². The van der Waals surface area contributed by atoms with Crippen molar-refractivity contribution in [2.24, 2.45) is 0 Å². The number of aliphatic hydroxyl groups excluding tert-OH is 1. The monoisotopic (exact) mass is 466 g/mol. The Hall–Kier alpha value is -2.90. The number of aromatic nitrogens is 1. The fourth-order valence-corrected chi connectivity index (χ4v) is 4.86. The fourth-order valence-electron chi connectivity index (χ4n) is 3.87. The maximum atomic E-state index is 12.7. The molecule has 4 rings (SSSR count). The van der Waals surface area contributed by atoms with E-state index in [-0.39, 0.29) is 12.1 Å². The molecule has 1 N–H and O–H groups in total. The van der Waals surface area contributed by atoms with E-state index in [0.717, 1.165) is 23.4 Å². The molecule has 7 heteroatoms. The molecule has 1 aliphatic heterocycles. The molecule has 0 aliphatic carbocycles. The topological polar surface area (TPSA) is 71.9 Å². The molecule has 0 bridgehead atoms. The van der Waals surface area contributed by atoms with Gasteiger partial charge in [-0.15, -0.1) is 11.3 Å². The van der Waals surface area contributed by atoms with Crippen LogP contribution in [0.4, 0.5) is 4.79 Å². The smallest absolute Gasteiger partial charge is 0.410 e. The van der Waals surface area contributed by atoms with Crippen LogP contribution in [0, 0.1) is 0 Å². The molecule has 2 aromatic carbocycles. The molecule has 0 spiro atoms. The van der Waals surface area contributed by atoms with Gasteiger partial charge < -0.3 is 14.6 Å². The van der Waals surface area contributed by atoms with Crippen LogP contribution in [-0.2, 0) is 11.3 Å². The van der Waals surface area contributed by atoms with Crippen molar-refractivity contribution in [2.75, 3.05) is 6.54 Å². The summed E-state index contributed by atoms with van der Waals surface area (Å²) in [6, 6.07) is 17.3. The van der Waals surface area contributed by atoms with Crippen LogP contribution in [0.5, 0.6) is 5.75 Å². The highest BCUT2D eigenvalue weighted by atomic mass is 32.1. The van der Waals surface area contributed by atoms with Gasteiger partial charge in [-0.1, -0.05) is 48.5 Å². The van der Waals surface area contributed by atoms with E-state index in [4.69, 9.17) is 14.5 Å². The van der Waals surface area contributed by atoms with E-state index in [1.54, 1.807) is 4.90 Å². The lowest BCUT2D eigenvalue weighted by Crippen LogP contribution is -2.36. The van der Waals surface area contributed by atoms with Gasteiger partial charge in [0.1, 0.15) is 29.1 Å². The van der Waals surface area contributed by atoms with Crippen molar-refractivity contribution in [2.45, 2.75) is 58.0 Å². The van der Waals surface area contributed by atoms with Gasteiger partial charge in [0.05, 0.1) is 11.7 Å². The zero-order valence-electron chi connectivity index (χ0n) is 19.2. The molecule has 1 aromatic heterocycles. The van der Waals surface area contributed by atoms with Gasteiger partial charge in [-0.3, -0.25) is 4.90 Å². The minimum Gasteiger partial charge on any atom is -0.489 e. The number of likely N-dealkylation sites (tertiary alicyclic amines) is 1. The summed E-state index contributed by atoms with van der Waals surface area (Å²) in [5, 5.41) is 13.8. The first-order valence-corrected chi connectivity index (χ1v) is 12.1. The molecule has 1 saturated heterocycles. The Morgan fingerprint density at radius 2 is 1.91 bits per heavy atom. The summed E-state index contributed by atoms with van der Waals surface area (Å²) in [5.41, 5.74) is 1.74. The van der Waals surface area contributed by atoms with Crippen LogP contribution in [0.1, 0.15) is 67.6 Å². The van der Waals surface area contributed by atoms with E-state index in [2.05, 4.69) is 0 Å². The molecule has 1 aliphatic rings. The second-order valence-corrected chi connectivity index (χ2v) is 10.0. The van der Waals surface area contributed by atoms with Gasteiger partial charge in [0.25, 0.3) is 0 Å². The Morgan fingerprint density at radius 3 is 2.67 bits per heavy atom. The van der Waals surface area contributed by atoms with Crippen LogP contribution in [0.2, 0.25) is 0 Å². The molecule has 2 heterocycles. The second-order valence-electron chi connectivity index (χ2n) is 9.16. The predicted octanol–water partition coefficient (Wildman–Crippen LogP) is 5.88. The van der Waals surface area contributed by atoms with Crippen molar-refractivity contribution in [3.05, 3.63) is 81.8 Å². The first-order valence-electron chi connectivity index (χ1n) is 11.2. The molecule has 1 amide bonds. The summed E-state index contributed by atoms with van der Waals surface area (Å²) in [5.74, 6) is 0.625. The zero-order valence-corrected chi connectivity index (χ0v) is 20.0. The van der Waals surface area contributed by atoms with E-state index in [1.807, 2.05) is 80.7 Å². The number of para-hydroxylation sites is 1. The lowest BCUT2D eigenvalue weighted by molar-refractivity contribution is 0.0224. The van der Waals surface area contributed by atoms with Crippen LogP contribution in [0.15, 0.2) is 60.0 Å². The average Bonchev–Trinajstić information content (AvgIpc) is 3.46. The first-order chi connectivity index (χ1) is 15.8. The van der Waals surface area contributed by atoms with Gasteiger partial charge >= 0.3 is 6.09 Å². The Balaban J connectivity index is 1.49. The van der Waals surface area contributed by atoms with Crippen LogP contribution in [0.3, 0.4) is 0 Å². The summed E-state index contributed by atoms with van der Waals surface area (Å²) >= 11 is 1.46. The van der Waals surface area contributed by atoms with Crippen LogP contribution in [0.25, 0.3) is 0 Å². The van der Waals surface area contributed by atoms with Crippen LogP contribution in [-0.4, -0.2) is 33.2 Å². The summed E-state index contributed by atoms with van der Waals surface area (Å²) in [6.07, 6.45) is 0.497. The molecule has 1 fully saturated rings. The summed E-state index contributed by atoms with van der Waals surface area (Å²) in [4.78, 5) is 19.1. The quantitative estimate of drug-likeness (QED) is 0.491. The SMILES string of the molecule is CC(C)(C)OC(=O)N1CCC[C@H]1c1nc(C(O)c2ccccc2OCc2ccccc2)cs1. The highest BCUT2D eigenvalue weighted by molar-refractivity contribution is 7.09. The number of amides is 1. The molecule has 33 heavy (non-hydrogen) atoms. The average molecular weight is 467 g/mol. The highest BCUT2D eigenvalue weighted by Gasteiger charge is 2.35. The third-order valence-corrected chi connectivity index (χ3v) is 6.40. The largest absolute Gasteiger partial charge is 0.489 e. The maximum absolute atomic E-state index is 12.7. The minimum atomic E-state index is -0.918. The highest BCUT2D eigenvalue weighted by Crippen LogP contribution is 2.37. The second kappa shape index (κ2) is 9.93. The number of thiazole rings is 1. The molecule has 0 radical (unpaired) electrons. The summed E-state index contributed by atoms with van der Waals surface area (Å²) in [6.45, 7) is 6.66. The lowest BCUT2D eigenvalue weighted by Gasteiger charge is -2.27. The number of nitrogens with zero attached hydrogens (tertiary/aromatic N) is 2. The number of ether oxygens (including phenoxy) is 2. The standard InChI is InChI=1S/C26H30N2O4S/c1-26(2,3)32-25(30)28-15-9-13-21(28)24-27-20(17-33-24)23(29)19-12-7-8-14-22(19)31-16-18-10-5-4-6-11-18/h4-8,10-12,14,17,21,23,29H,9,13,15-16H2,1-3H3/t21-,23?/m0/s1. The van der Waals surface area contributed by atoms with Crippen LogP contribution >= 0.6 is 11.3 Å². The fraction of sp³-hybridized carbons (Fsp3) is 0.385. The van der Waals surface area contributed by atoms with Crippen molar-refractivity contribution < 1.29 is 19.4 Å². The van der Waals surface area contributed by atoms with Crippen molar-refractivity contribution in [3.8, 4) is 5.75 Å². The van der Waals surface area contributed by atoms with Gasteiger partial charge in [-0.2, -0.15) is 0 Å². The number of hydrogen-bond acceptors (Lipinski definition) is 6. The number of carbonyl (C=O) groups excluding carboxylic acids is 1. The molecular formula is C26H30N2O4S. The Kier molecular flexibility index (Phi) is 7.00. The molecule has 0 saturated carbocycles. The number of carbonyl (C=O) groups is 1. The van der Waals surface area contributed by atoms with Gasteiger partial charge in [0, 0.05) is 17.5 Å². The van der Waals surface area contributed by atoms with E-state index < -0.39 is 11.7 Å². The predicted molar refractivity (Wildman–Crippen MR) is 128 cm³/mol. The lowest BCUT2D eigenvalue weighted by atomic mass is 10.1. The molecule has 3 aromatic rings. The number of aliphatic hydroxyl groups is 1. The zero-order chi connectivity index (χ0) is 23.4. The number of rotatable bonds is 6.